The summed E-state index contributed by atoms with van der Waals surface area (Å²) in [4.78, 5) is 21.8. The van der Waals surface area contributed by atoms with Crippen molar-refractivity contribution in [1.82, 2.24) is 20.2 Å². The molecule has 0 bridgehead atoms. The lowest BCUT2D eigenvalue weighted by Gasteiger charge is -2.09. The van der Waals surface area contributed by atoms with Crippen LogP contribution in [0.25, 0.3) is 0 Å². The van der Waals surface area contributed by atoms with Crippen LogP contribution in [0.2, 0.25) is 0 Å². The summed E-state index contributed by atoms with van der Waals surface area (Å²) in [5.41, 5.74) is 0. The van der Waals surface area contributed by atoms with E-state index in [4.69, 9.17) is 0 Å². The average molecular weight is 268 g/mol. The van der Waals surface area contributed by atoms with E-state index in [9.17, 15) is 4.79 Å². The standard InChI is InChI=1S/C12H20N4OS/c1-16(2)9-4-3-6-13-11(17)10-18-12-14-7-5-8-15-12/h5,7-8H,3-4,6,9-10H2,1-2H3,(H,13,17). The molecule has 1 amide bonds. The zero-order valence-electron chi connectivity index (χ0n) is 10.9. The van der Waals surface area contributed by atoms with Gasteiger partial charge in [0.25, 0.3) is 0 Å². The van der Waals surface area contributed by atoms with Crippen LogP contribution in [0.15, 0.2) is 23.6 Å². The number of unbranched alkanes of at least 4 members (excludes halogenated alkanes) is 1. The van der Waals surface area contributed by atoms with Gasteiger partial charge in [0, 0.05) is 18.9 Å². The van der Waals surface area contributed by atoms with Gasteiger partial charge in [-0.05, 0) is 39.5 Å². The highest BCUT2D eigenvalue weighted by molar-refractivity contribution is 7.99. The first-order valence-corrected chi connectivity index (χ1v) is 6.98. The number of hydrogen-bond donors (Lipinski definition) is 1. The first-order valence-electron chi connectivity index (χ1n) is 5.99. The molecule has 6 heteroatoms. The van der Waals surface area contributed by atoms with E-state index in [2.05, 4.69) is 34.3 Å². The Morgan fingerprint density at radius 2 is 2.06 bits per heavy atom. The van der Waals surface area contributed by atoms with Crippen molar-refractivity contribution in [2.75, 3.05) is 32.9 Å². The molecule has 1 aromatic rings. The van der Waals surface area contributed by atoms with Crippen LogP contribution in [0.3, 0.4) is 0 Å². The number of carbonyl (C=O) groups excluding carboxylic acids is 1. The summed E-state index contributed by atoms with van der Waals surface area (Å²) in [6, 6.07) is 1.76. The fourth-order valence-corrected chi connectivity index (χ4v) is 1.95. The zero-order valence-corrected chi connectivity index (χ0v) is 11.7. The van der Waals surface area contributed by atoms with Gasteiger partial charge in [-0.15, -0.1) is 0 Å². The smallest absolute Gasteiger partial charge is 0.230 e. The zero-order chi connectivity index (χ0) is 13.2. The van der Waals surface area contributed by atoms with Crippen LogP contribution in [-0.4, -0.2) is 53.7 Å². The lowest BCUT2D eigenvalue weighted by Crippen LogP contribution is -2.26. The number of nitrogens with zero attached hydrogens (tertiary/aromatic N) is 3. The maximum Gasteiger partial charge on any atom is 0.230 e. The van der Waals surface area contributed by atoms with E-state index in [1.807, 2.05) is 0 Å². The lowest BCUT2D eigenvalue weighted by atomic mass is 10.3. The van der Waals surface area contributed by atoms with Gasteiger partial charge < -0.3 is 10.2 Å². The summed E-state index contributed by atoms with van der Waals surface area (Å²) in [7, 11) is 4.10. The number of carbonyl (C=O) groups is 1. The molecule has 1 rings (SSSR count). The topological polar surface area (TPSA) is 58.1 Å². The molecule has 0 aliphatic carbocycles. The van der Waals surface area contributed by atoms with Crippen molar-refractivity contribution in [2.45, 2.75) is 18.0 Å². The van der Waals surface area contributed by atoms with Gasteiger partial charge in [0.1, 0.15) is 0 Å². The third-order valence-corrected chi connectivity index (χ3v) is 3.10. The highest BCUT2D eigenvalue weighted by atomic mass is 32.2. The van der Waals surface area contributed by atoms with Gasteiger partial charge in [-0.1, -0.05) is 11.8 Å². The first-order chi connectivity index (χ1) is 8.68. The minimum atomic E-state index is 0.0392. The number of nitrogens with one attached hydrogen (secondary N) is 1. The van der Waals surface area contributed by atoms with Gasteiger partial charge in [0.2, 0.25) is 5.91 Å². The molecule has 0 aliphatic rings. The monoisotopic (exact) mass is 268 g/mol. The van der Waals surface area contributed by atoms with Gasteiger partial charge >= 0.3 is 0 Å². The van der Waals surface area contributed by atoms with E-state index in [-0.39, 0.29) is 5.91 Å². The average Bonchev–Trinajstić information content (AvgIpc) is 2.37. The maximum absolute atomic E-state index is 11.5. The van der Waals surface area contributed by atoms with Crippen molar-refractivity contribution in [2.24, 2.45) is 0 Å². The molecule has 0 spiro atoms. The fourth-order valence-electron chi connectivity index (χ4n) is 1.32. The summed E-state index contributed by atoms with van der Waals surface area (Å²) in [5.74, 6) is 0.412. The van der Waals surface area contributed by atoms with E-state index >= 15 is 0 Å². The molecule has 0 radical (unpaired) electrons. The SMILES string of the molecule is CN(C)CCCCNC(=O)CSc1ncccn1. The van der Waals surface area contributed by atoms with Crippen LogP contribution in [0.1, 0.15) is 12.8 Å². The molecule has 0 saturated carbocycles. The molecular formula is C12H20N4OS. The molecule has 1 N–H and O–H groups in total. The van der Waals surface area contributed by atoms with E-state index in [0.717, 1.165) is 25.9 Å². The molecule has 5 nitrogen and oxygen atoms in total. The van der Waals surface area contributed by atoms with Gasteiger partial charge in [0.05, 0.1) is 5.75 Å². The molecule has 0 atom stereocenters. The Balaban J connectivity index is 2.04. The summed E-state index contributed by atoms with van der Waals surface area (Å²) < 4.78 is 0. The van der Waals surface area contributed by atoms with Crippen LogP contribution in [0.4, 0.5) is 0 Å². The van der Waals surface area contributed by atoms with Crippen LogP contribution >= 0.6 is 11.8 Å². The van der Waals surface area contributed by atoms with Gasteiger partial charge in [0.15, 0.2) is 5.16 Å². The maximum atomic E-state index is 11.5. The molecule has 0 saturated heterocycles. The van der Waals surface area contributed by atoms with E-state index in [0.29, 0.717) is 10.9 Å². The highest BCUT2D eigenvalue weighted by Gasteiger charge is 2.03. The Labute approximate surface area is 112 Å². The van der Waals surface area contributed by atoms with Crippen molar-refractivity contribution in [1.29, 1.82) is 0 Å². The molecular weight excluding hydrogens is 248 g/mol. The lowest BCUT2D eigenvalue weighted by molar-refractivity contribution is -0.118. The number of aromatic nitrogens is 2. The summed E-state index contributed by atoms with van der Waals surface area (Å²) >= 11 is 1.35. The highest BCUT2D eigenvalue weighted by Crippen LogP contribution is 2.09. The van der Waals surface area contributed by atoms with Crippen molar-refractivity contribution >= 4 is 17.7 Å². The van der Waals surface area contributed by atoms with E-state index < -0.39 is 0 Å². The Bertz CT molecular complexity index is 345. The largest absolute Gasteiger partial charge is 0.355 e. The van der Waals surface area contributed by atoms with Gasteiger partial charge in [-0.2, -0.15) is 0 Å². The Kier molecular flexibility index (Phi) is 7.36. The van der Waals surface area contributed by atoms with Crippen molar-refractivity contribution in [3.8, 4) is 0 Å². The second-order valence-electron chi connectivity index (χ2n) is 4.18. The predicted octanol–water partition coefficient (Wildman–Crippen LogP) is 1.03. The quantitative estimate of drug-likeness (QED) is 0.433. The van der Waals surface area contributed by atoms with Crippen LogP contribution in [-0.2, 0) is 4.79 Å². The molecule has 1 aromatic heterocycles. The van der Waals surface area contributed by atoms with Crippen molar-refractivity contribution < 1.29 is 4.79 Å². The fraction of sp³-hybridized carbons (Fsp3) is 0.583. The third kappa shape index (κ3) is 7.24. The number of amides is 1. The second-order valence-corrected chi connectivity index (χ2v) is 5.12. The van der Waals surface area contributed by atoms with Crippen LogP contribution in [0, 0.1) is 0 Å². The van der Waals surface area contributed by atoms with Crippen molar-refractivity contribution in [3.63, 3.8) is 0 Å². The van der Waals surface area contributed by atoms with Crippen molar-refractivity contribution in [3.05, 3.63) is 18.5 Å². The number of thioether (sulfide) groups is 1. The normalized spacial score (nSPS) is 10.6. The van der Waals surface area contributed by atoms with E-state index in [1.54, 1.807) is 18.5 Å². The van der Waals surface area contributed by atoms with Crippen LogP contribution < -0.4 is 5.32 Å². The minimum absolute atomic E-state index is 0.0392. The van der Waals surface area contributed by atoms with Gasteiger partial charge in [-0.3, -0.25) is 4.79 Å². The van der Waals surface area contributed by atoms with Gasteiger partial charge in [-0.25, -0.2) is 9.97 Å². The minimum Gasteiger partial charge on any atom is -0.355 e. The molecule has 18 heavy (non-hydrogen) atoms. The number of hydrogen-bond acceptors (Lipinski definition) is 5. The predicted molar refractivity (Wildman–Crippen MR) is 73.6 cm³/mol. The molecule has 0 unspecified atom stereocenters. The second kappa shape index (κ2) is 8.88. The Morgan fingerprint density at radius 1 is 1.33 bits per heavy atom. The van der Waals surface area contributed by atoms with Crippen LogP contribution in [0.5, 0.6) is 0 Å². The molecule has 0 aromatic carbocycles. The molecule has 1 heterocycles. The molecule has 0 fully saturated rings. The number of rotatable bonds is 8. The molecule has 100 valence electrons. The summed E-state index contributed by atoms with van der Waals surface area (Å²) in [6.45, 7) is 1.80. The summed E-state index contributed by atoms with van der Waals surface area (Å²) in [5, 5.41) is 3.53. The Hall–Kier alpha value is -1.14. The summed E-state index contributed by atoms with van der Waals surface area (Å²) in [6.07, 6.45) is 5.46. The Morgan fingerprint density at radius 3 is 2.72 bits per heavy atom. The first kappa shape index (κ1) is 14.9. The van der Waals surface area contributed by atoms with E-state index in [1.165, 1.54) is 11.8 Å². The molecule has 0 aliphatic heterocycles. The third-order valence-electron chi connectivity index (χ3n) is 2.23.